The number of urea groups is 1. The molecule has 4 rings (SSSR count). The molecule has 0 aliphatic rings. The Morgan fingerprint density at radius 1 is 0.841 bits per heavy atom. The highest BCUT2D eigenvalue weighted by Gasteiger charge is 2.22. The molecule has 0 aliphatic heterocycles. The largest absolute Gasteiger partial charge is 0.493 e. The fourth-order valence-corrected chi connectivity index (χ4v) is 4.54. The number of hydrogen-bond donors (Lipinski definition) is 7. The summed E-state index contributed by atoms with van der Waals surface area (Å²) < 4.78 is 5.93. The van der Waals surface area contributed by atoms with Crippen molar-refractivity contribution in [1.82, 2.24) is 20.9 Å². The molecule has 0 spiro atoms. The van der Waals surface area contributed by atoms with Gasteiger partial charge in [-0.3, -0.25) is 14.6 Å². The van der Waals surface area contributed by atoms with Crippen LogP contribution in [0.15, 0.2) is 83.9 Å². The van der Waals surface area contributed by atoms with Crippen LogP contribution in [-0.2, 0) is 24.3 Å². The van der Waals surface area contributed by atoms with E-state index in [-0.39, 0.29) is 18.4 Å². The zero-order valence-corrected chi connectivity index (χ0v) is 24.3. The molecular weight excluding hydrogens is 560 g/mol. The number of ether oxygens (including phenoxy) is 1. The van der Waals surface area contributed by atoms with Crippen molar-refractivity contribution >= 4 is 34.7 Å². The molecule has 1 atom stereocenters. The number of amides is 4. The van der Waals surface area contributed by atoms with Gasteiger partial charge in [-0.05, 0) is 53.8 Å². The van der Waals surface area contributed by atoms with Crippen molar-refractivity contribution in [2.24, 2.45) is 22.2 Å². The number of H-pyrrole nitrogens is 1. The molecule has 12 heteroatoms. The Morgan fingerprint density at radius 3 is 2.23 bits per heavy atom. The maximum absolute atomic E-state index is 13.2. The summed E-state index contributed by atoms with van der Waals surface area (Å²) >= 11 is 0. The third-order valence-corrected chi connectivity index (χ3v) is 6.86. The summed E-state index contributed by atoms with van der Waals surface area (Å²) in [6, 6.07) is 23.4. The number of rotatable bonds is 15. The summed E-state index contributed by atoms with van der Waals surface area (Å²) in [5.74, 6) is -0.0895. The molecule has 0 aliphatic carbocycles. The first kappa shape index (κ1) is 31.4. The van der Waals surface area contributed by atoms with E-state index in [1.54, 1.807) is 6.07 Å². The van der Waals surface area contributed by atoms with Crippen LogP contribution < -0.4 is 37.9 Å². The number of nitrogens with one attached hydrogen (secondary N) is 4. The Bertz CT molecular complexity index is 1580. The lowest BCUT2D eigenvalue weighted by atomic mass is 10.1. The number of fused-ring (bicyclic) bond motifs is 1. The summed E-state index contributed by atoms with van der Waals surface area (Å²) in [4.78, 5) is 44.4. The molecule has 0 unspecified atom stereocenters. The van der Waals surface area contributed by atoms with Gasteiger partial charge in [0.1, 0.15) is 17.5 Å². The van der Waals surface area contributed by atoms with Gasteiger partial charge in [-0.25, -0.2) is 4.79 Å². The number of nitrogens with zero attached hydrogens (tertiary/aromatic N) is 1. The second kappa shape index (κ2) is 15.6. The van der Waals surface area contributed by atoms with Crippen LogP contribution in [0.3, 0.4) is 0 Å². The SMILES string of the molecule is NC(=O)NCc1ccc(CNC(=O)[C@@H](CCCN=C(N)N)NC(=O)c2cc3cc(OCCc4ccccc4)ccc3[nH]2)cc1. The number of carbonyl (C=O) groups is 3. The summed E-state index contributed by atoms with van der Waals surface area (Å²) in [5, 5.41) is 9.08. The van der Waals surface area contributed by atoms with E-state index in [0.29, 0.717) is 44.0 Å². The highest BCUT2D eigenvalue weighted by Crippen LogP contribution is 2.22. The number of nitrogens with two attached hydrogens (primary N) is 3. The topological polar surface area (TPSA) is 203 Å². The van der Waals surface area contributed by atoms with E-state index in [2.05, 4.69) is 38.1 Å². The minimum Gasteiger partial charge on any atom is -0.493 e. The molecule has 0 radical (unpaired) electrons. The quantitative estimate of drug-likeness (QED) is 0.0622. The number of aliphatic imine (C=N–C) groups is 1. The van der Waals surface area contributed by atoms with E-state index in [9.17, 15) is 14.4 Å². The molecule has 0 saturated heterocycles. The van der Waals surface area contributed by atoms with Crippen LogP contribution in [0, 0.1) is 0 Å². The van der Waals surface area contributed by atoms with Crippen molar-refractivity contribution in [3.63, 3.8) is 0 Å². The van der Waals surface area contributed by atoms with Crippen molar-refractivity contribution < 1.29 is 19.1 Å². The first-order valence-electron chi connectivity index (χ1n) is 14.3. The normalized spacial score (nSPS) is 11.4. The Kier molecular flexibility index (Phi) is 11.2. The number of aromatic nitrogens is 1. The minimum atomic E-state index is -0.820. The Labute approximate surface area is 255 Å². The van der Waals surface area contributed by atoms with Crippen LogP contribution >= 0.6 is 0 Å². The van der Waals surface area contributed by atoms with Gasteiger partial charge in [-0.1, -0.05) is 54.6 Å². The van der Waals surface area contributed by atoms with Gasteiger partial charge in [0.2, 0.25) is 5.91 Å². The van der Waals surface area contributed by atoms with Crippen molar-refractivity contribution in [1.29, 1.82) is 0 Å². The summed E-state index contributed by atoms with van der Waals surface area (Å²) in [6.07, 6.45) is 1.59. The average molecular weight is 599 g/mol. The van der Waals surface area contributed by atoms with Crippen LogP contribution in [0.5, 0.6) is 5.75 Å². The predicted octanol–water partition coefficient (Wildman–Crippen LogP) is 2.43. The fraction of sp³-hybridized carbons (Fsp3) is 0.250. The molecule has 44 heavy (non-hydrogen) atoms. The molecule has 3 aromatic carbocycles. The number of primary amides is 1. The molecular formula is C32H38N8O4. The third-order valence-electron chi connectivity index (χ3n) is 6.86. The first-order valence-corrected chi connectivity index (χ1v) is 14.3. The summed E-state index contributed by atoms with van der Waals surface area (Å²) in [5.41, 5.74) is 20.0. The second-order valence-corrected chi connectivity index (χ2v) is 10.2. The number of hydrogen-bond acceptors (Lipinski definition) is 5. The monoisotopic (exact) mass is 598 g/mol. The number of aromatic amines is 1. The lowest BCUT2D eigenvalue weighted by Gasteiger charge is -2.18. The van der Waals surface area contributed by atoms with Gasteiger partial charge in [-0.15, -0.1) is 0 Å². The van der Waals surface area contributed by atoms with E-state index in [1.165, 1.54) is 5.56 Å². The van der Waals surface area contributed by atoms with E-state index in [0.717, 1.165) is 28.5 Å². The van der Waals surface area contributed by atoms with Crippen LogP contribution in [0.25, 0.3) is 10.9 Å². The molecule has 0 saturated carbocycles. The maximum atomic E-state index is 13.2. The maximum Gasteiger partial charge on any atom is 0.312 e. The van der Waals surface area contributed by atoms with E-state index in [4.69, 9.17) is 21.9 Å². The van der Waals surface area contributed by atoms with E-state index in [1.807, 2.05) is 60.7 Å². The first-order chi connectivity index (χ1) is 21.3. The molecule has 4 amide bonds. The molecule has 1 aromatic heterocycles. The van der Waals surface area contributed by atoms with E-state index < -0.39 is 18.0 Å². The Morgan fingerprint density at radius 2 is 1.55 bits per heavy atom. The van der Waals surface area contributed by atoms with Crippen LogP contribution in [0.2, 0.25) is 0 Å². The highest BCUT2D eigenvalue weighted by atomic mass is 16.5. The van der Waals surface area contributed by atoms with Gasteiger partial charge in [0.15, 0.2) is 5.96 Å². The highest BCUT2D eigenvalue weighted by molar-refractivity contribution is 6.00. The number of benzene rings is 3. The van der Waals surface area contributed by atoms with Crippen molar-refractivity contribution in [2.45, 2.75) is 38.4 Å². The van der Waals surface area contributed by atoms with Crippen molar-refractivity contribution in [3.8, 4) is 5.75 Å². The third kappa shape index (κ3) is 9.79. The summed E-state index contributed by atoms with van der Waals surface area (Å²) in [7, 11) is 0. The fourth-order valence-electron chi connectivity index (χ4n) is 4.54. The number of carbonyl (C=O) groups excluding carboxylic acids is 3. The number of guanidine groups is 1. The molecule has 230 valence electrons. The molecule has 10 N–H and O–H groups in total. The van der Waals surface area contributed by atoms with Gasteiger partial charge in [0.05, 0.1) is 6.61 Å². The predicted molar refractivity (Wildman–Crippen MR) is 170 cm³/mol. The lowest BCUT2D eigenvalue weighted by Crippen LogP contribution is -2.46. The van der Waals surface area contributed by atoms with Gasteiger partial charge >= 0.3 is 6.03 Å². The van der Waals surface area contributed by atoms with Crippen LogP contribution in [0.1, 0.15) is 40.0 Å². The van der Waals surface area contributed by atoms with Crippen LogP contribution in [-0.4, -0.2) is 48.0 Å². The van der Waals surface area contributed by atoms with Gasteiger partial charge in [-0.2, -0.15) is 0 Å². The van der Waals surface area contributed by atoms with Gasteiger partial charge in [0, 0.05) is 37.0 Å². The smallest absolute Gasteiger partial charge is 0.312 e. The Hall–Kier alpha value is -5.52. The minimum absolute atomic E-state index is 0.0361. The molecule has 0 bridgehead atoms. The van der Waals surface area contributed by atoms with Gasteiger partial charge < -0.3 is 42.9 Å². The summed E-state index contributed by atoms with van der Waals surface area (Å²) in [6.45, 7) is 1.41. The van der Waals surface area contributed by atoms with E-state index >= 15 is 0 Å². The van der Waals surface area contributed by atoms with Crippen molar-refractivity contribution in [3.05, 3.63) is 101 Å². The molecule has 12 nitrogen and oxygen atoms in total. The van der Waals surface area contributed by atoms with Gasteiger partial charge in [0.25, 0.3) is 5.91 Å². The average Bonchev–Trinajstić information content (AvgIpc) is 3.45. The van der Waals surface area contributed by atoms with Crippen LogP contribution in [0.4, 0.5) is 4.79 Å². The lowest BCUT2D eigenvalue weighted by molar-refractivity contribution is -0.123. The zero-order valence-electron chi connectivity index (χ0n) is 24.3. The van der Waals surface area contributed by atoms with Crippen molar-refractivity contribution in [2.75, 3.05) is 13.2 Å². The molecule has 0 fully saturated rings. The Balaban J connectivity index is 1.36. The molecule has 4 aromatic rings. The zero-order chi connectivity index (χ0) is 31.3. The standard InChI is InChI=1S/C32H38N8O4/c33-31(34)36-15-4-7-27(29(41)37-19-22-8-10-23(11-9-22)20-38-32(35)43)40-30(42)28-18-24-17-25(12-13-26(24)39-28)44-16-14-21-5-2-1-3-6-21/h1-3,5-6,8-13,17-18,27,39H,4,7,14-16,19-20H2,(H,37,41)(H,40,42)(H4,33,34,36)(H3,35,38,43)/t27-/m1/s1. The molecule has 1 heterocycles. The second-order valence-electron chi connectivity index (χ2n) is 10.2.